The Balaban J connectivity index is 3.34. The van der Waals surface area contributed by atoms with E-state index in [0.717, 1.165) is 5.56 Å². The zero-order valence-corrected chi connectivity index (χ0v) is 6.88. The number of hydrogen-bond donors (Lipinski definition) is 1. The summed E-state index contributed by atoms with van der Waals surface area (Å²) in [4.78, 5) is 0.497. The molecule has 0 spiro atoms. The number of rotatable bonds is 0. The van der Waals surface area contributed by atoms with E-state index in [1.807, 2.05) is 6.07 Å². The van der Waals surface area contributed by atoms with Gasteiger partial charge >= 0.3 is 0 Å². The molecule has 0 saturated heterocycles. The summed E-state index contributed by atoms with van der Waals surface area (Å²) in [6, 6.07) is 1.96. The van der Waals surface area contributed by atoms with Crippen LogP contribution in [0, 0.1) is 18.3 Å². The van der Waals surface area contributed by atoms with Crippen LogP contribution in [-0.2, 0) is 0 Å². The first-order valence-electron chi connectivity index (χ1n) is 2.61. The van der Waals surface area contributed by atoms with Crippen LogP contribution in [0.4, 0.5) is 5.00 Å². The van der Waals surface area contributed by atoms with Gasteiger partial charge in [-0.05, 0) is 6.92 Å². The number of halogens is 1. The molecule has 0 aliphatic carbocycles. The lowest BCUT2D eigenvalue weighted by Gasteiger charge is -1.85. The highest BCUT2D eigenvalue weighted by Gasteiger charge is 2.09. The quantitative estimate of drug-likeness (QED) is 0.652. The second kappa shape index (κ2) is 2.49. The number of hydrogen-bond acceptors (Lipinski definition) is 3. The second-order valence-electron chi connectivity index (χ2n) is 1.85. The smallest absolute Gasteiger partial charge is 0.125 e. The zero-order chi connectivity index (χ0) is 7.72. The van der Waals surface area contributed by atoms with Gasteiger partial charge in [0, 0.05) is 5.56 Å². The molecule has 1 aromatic rings. The normalized spacial score (nSPS) is 9.30. The maximum atomic E-state index is 8.48. The highest BCUT2D eigenvalue weighted by atomic mass is 35.5. The third kappa shape index (κ3) is 0.962. The van der Waals surface area contributed by atoms with E-state index in [1.54, 1.807) is 6.92 Å². The van der Waals surface area contributed by atoms with Gasteiger partial charge in [-0.15, -0.1) is 11.3 Å². The van der Waals surface area contributed by atoms with Crippen molar-refractivity contribution in [2.75, 3.05) is 5.73 Å². The lowest BCUT2D eigenvalue weighted by molar-refractivity contribution is 1.50. The third-order valence-electron chi connectivity index (χ3n) is 1.21. The monoisotopic (exact) mass is 172 g/mol. The van der Waals surface area contributed by atoms with Crippen LogP contribution in [-0.4, -0.2) is 0 Å². The Morgan fingerprint density at radius 1 is 1.70 bits per heavy atom. The average Bonchev–Trinajstić information content (AvgIpc) is 2.17. The number of nitrogens with two attached hydrogens (primary N) is 1. The van der Waals surface area contributed by atoms with Crippen molar-refractivity contribution >= 4 is 27.9 Å². The van der Waals surface area contributed by atoms with Gasteiger partial charge in [0.25, 0.3) is 0 Å². The fraction of sp³-hybridized carbons (Fsp3) is 0.167. The van der Waals surface area contributed by atoms with E-state index in [9.17, 15) is 0 Å². The predicted octanol–water partition coefficient (Wildman–Crippen LogP) is 2.16. The fourth-order valence-electron chi connectivity index (χ4n) is 0.582. The maximum Gasteiger partial charge on any atom is 0.125 e. The van der Waals surface area contributed by atoms with E-state index >= 15 is 0 Å². The van der Waals surface area contributed by atoms with E-state index < -0.39 is 0 Å². The largest absolute Gasteiger partial charge is 0.390 e. The molecule has 2 N–H and O–H groups in total. The van der Waals surface area contributed by atoms with Crippen molar-refractivity contribution in [2.45, 2.75) is 6.92 Å². The van der Waals surface area contributed by atoms with Gasteiger partial charge in [0.15, 0.2) is 0 Å². The van der Waals surface area contributed by atoms with Gasteiger partial charge < -0.3 is 5.73 Å². The molecule has 0 bridgehead atoms. The Kier molecular flexibility index (Phi) is 1.84. The first kappa shape index (κ1) is 7.39. The van der Waals surface area contributed by atoms with Crippen LogP contribution in [0.15, 0.2) is 0 Å². The summed E-state index contributed by atoms with van der Waals surface area (Å²) in [7, 11) is 0. The van der Waals surface area contributed by atoms with Gasteiger partial charge in [0.1, 0.15) is 10.9 Å². The molecule has 2 nitrogen and oxygen atoms in total. The summed E-state index contributed by atoms with van der Waals surface area (Å²) < 4.78 is 0. The molecule has 52 valence electrons. The van der Waals surface area contributed by atoms with Crippen LogP contribution in [0.3, 0.4) is 0 Å². The Morgan fingerprint density at radius 3 is 2.50 bits per heavy atom. The third-order valence-corrected chi connectivity index (χ3v) is 2.82. The second-order valence-corrected chi connectivity index (χ2v) is 3.28. The Labute approximate surface area is 67.8 Å². The van der Waals surface area contributed by atoms with Crippen LogP contribution in [0.5, 0.6) is 0 Å². The van der Waals surface area contributed by atoms with E-state index in [2.05, 4.69) is 0 Å². The summed E-state index contributed by atoms with van der Waals surface area (Å²) in [5, 5.41) is 9.59. The molecular formula is C6H5ClN2S. The molecule has 4 heteroatoms. The van der Waals surface area contributed by atoms with Crippen molar-refractivity contribution < 1.29 is 0 Å². The lowest BCUT2D eigenvalue weighted by Crippen LogP contribution is -1.79. The van der Waals surface area contributed by atoms with Crippen molar-refractivity contribution in [1.29, 1.82) is 5.26 Å². The van der Waals surface area contributed by atoms with E-state index in [4.69, 9.17) is 22.6 Å². The number of anilines is 1. The van der Waals surface area contributed by atoms with Gasteiger partial charge in [-0.1, -0.05) is 11.6 Å². The molecular weight excluding hydrogens is 168 g/mol. The van der Waals surface area contributed by atoms with Crippen LogP contribution in [0.1, 0.15) is 10.4 Å². The highest BCUT2D eigenvalue weighted by Crippen LogP contribution is 2.33. The van der Waals surface area contributed by atoms with Gasteiger partial charge in [0.05, 0.1) is 10.0 Å². The lowest BCUT2D eigenvalue weighted by atomic mass is 10.3. The Morgan fingerprint density at radius 2 is 2.30 bits per heavy atom. The average molecular weight is 173 g/mol. The van der Waals surface area contributed by atoms with E-state index in [-0.39, 0.29) is 0 Å². The van der Waals surface area contributed by atoms with Gasteiger partial charge in [-0.2, -0.15) is 5.26 Å². The van der Waals surface area contributed by atoms with Crippen molar-refractivity contribution in [3.63, 3.8) is 0 Å². The molecule has 0 aromatic carbocycles. The Bertz CT molecular complexity index is 297. The molecule has 0 radical (unpaired) electrons. The first-order chi connectivity index (χ1) is 4.66. The standard InChI is InChI=1S/C6H5ClN2S/c1-3-5(7)4(2-8)10-6(3)9/h9H2,1H3. The minimum absolute atomic E-state index is 0.491. The number of nitrogens with zero attached hydrogens (tertiary/aromatic N) is 1. The van der Waals surface area contributed by atoms with E-state index in [1.165, 1.54) is 11.3 Å². The van der Waals surface area contributed by atoms with Crippen molar-refractivity contribution in [3.8, 4) is 6.07 Å². The molecule has 10 heavy (non-hydrogen) atoms. The topological polar surface area (TPSA) is 49.8 Å². The first-order valence-corrected chi connectivity index (χ1v) is 3.80. The van der Waals surface area contributed by atoms with Crippen molar-refractivity contribution in [2.24, 2.45) is 0 Å². The summed E-state index contributed by atoms with van der Waals surface area (Å²) in [6.45, 7) is 1.80. The maximum absolute atomic E-state index is 8.48. The van der Waals surface area contributed by atoms with Gasteiger partial charge in [0.2, 0.25) is 0 Å². The minimum atomic E-state index is 0.491. The number of thiophene rings is 1. The molecule has 1 aromatic heterocycles. The Hall–Kier alpha value is -0.720. The van der Waals surface area contributed by atoms with Crippen molar-refractivity contribution in [3.05, 3.63) is 15.5 Å². The minimum Gasteiger partial charge on any atom is -0.390 e. The molecule has 0 aliphatic heterocycles. The summed E-state index contributed by atoms with van der Waals surface area (Å²) >= 11 is 6.95. The molecule has 1 heterocycles. The molecule has 0 aliphatic rings. The highest BCUT2D eigenvalue weighted by molar-refractivity contribution is 7.17. The number of nitrogen functional groups attached to an aromatic ring is 1. The predicted molar refractivity (Wildman–Crippen MR) is 43.2 cm³/mol. The SMILES string of the molecule is Cc1c(N)sc(C#N)c1Cl. The van der Waals surface area contributed by atoms with E-state index in [0.29, 0.717) is 14.9 Å². The van der Waals surface area contributed by atoms with Crippen molar-refractivity contribution in [1.82, 2.24) is 0 Å². The molecule has 0 saturated carbocycles. The molecule has 0 amide bonds. The molecule has 0 atom stereocenters. The van der Waals surface area contributed by atoms with Gasteiger partial charge in [-0.25, -0.2) is 0 Å². The summed E-state index contributed by atoms with van der Waals surface area (Å²) in [5.41, 5.74) is 6.31. The molecule has 0 unspecified atom stereocenters. The molecule has 0 fully saturated rings. The number of nitriles is 1. The van der Waals surface area contributed by atoms with Crippen LogP contribution in [0.25, 0.3) is 0 Å². The van der Waals surface area contributed by atoms with Crippen LogP contribution >= 0.6 is 22.9 Å². The van der Waals surface area contributed by atoms with Crippen LogP contribution < -0.4 is 5.73 Å². The van der Waals surface area contributed by atoms with Crippen LogP contribution in [0.2, 0.25) is 5.02 Å². The summed E-state index contributed by atoms with van der Waals surface area (Å²) in [6.07, 6.45) is 0. The fourth-order valence-corrected chi connectivity index (χ4v) is 1.66. The molecule has 1 rings (SSSR count). The zero-order valence-electron chi connectivity index (χ0n) is 5.31. The summed E-state index contributed by atoms with van der Waals surface area (Å²) in [5.74, 6) is 0. The van der Waals surface area contributed by atoms with Gasteiger partial charge in [-0.3, -0.25) is 0 Å².